The third kappa shape index (κ3) is 2.80. The van der Waals surface area contributed by atoms with E-state index in [2.05, 4.69) is 36.0 Å². The van der Waals surface area contributed by atoms with Gasteiger partial charge in [0.1, 0.15) is 6.04 Å². The monoisotopic (exact) mass is 239 g/mol. The van der Waals surface area contributed by atoms with Crippen molar-refractivity contribution in [3.63, 3.8) is 0 Å². The minimum Gasteiger partial charge on any atom is -0.338 e. The Labute approximate surface area is 104 Å². The Morgan fingerprint density at radius 2 is 2.00 bits per heavy atom. The summed E-state index contributed by atoms with van der Waals surface area (Å²) in [5.41, 5.74) is 0.190. The van der Waals surface area contributed by atoms with Gasteiger partial charge >= 0.3 is 0 Å². The average Bonchev–Trinajstić information content (AvgIpc) is 3.03. The second kappa shape index (κ2) is 4.58. The Kier molecular flexibility index (Phi) is 3.46. The molecule has 17 heavy (non-hydrogen) atoms. The molecular weight excluding hydrogens is 214 g/mol. The first-order chi connectivity index (χ1) is 7.94. The van der Waals surface area contributed by atoms with Crippen molar-refractivity contribution >= 4 is 5.91 Å². The van der Waals surface area contributed by atoms with Crippen LogP contribution in [0, 0.1) is 5.41 Å². The molecule has 0 aromatic heterocycles. The molecule has 0 aromatic carbocycles. The molecular formula is C13H25N3O. The quantitative estimate of drug-likeness (QED) is 0.781. The molecule has 1 saturated heterocycles. The van der Waals surface area contributed by atoms with Gasteiger partial charge in [0.25, 0.3) is 0 Å². The van der Waals surface area contributed by atoms with Gasteiger partial charge in [0.2, 0.25) is 5.91 Å². The maximum atomic E-state index is 12.6. The number of rotatable bonds is 3. The zero-order valence-corrected chi connectivity index (χ0v) is 11.5. The topological polar surface area (TPSA) is 35.6 Å². The molecule has 4 nitrogen and oxygen atoms in total. The van der Waals surface area contributed by atoms with E-state index in [0.29, 0.717) is 11.9 Å². The first kappa shape index (κ1) is 12.8. The Hall–Kier alpha value is -0.610. The van der Waals surface area contributed by atoms with Gasteiger partial charge in [0.15, 0.2) is 0 Å². The van der Waals surface area contributed by atoms with Crippen molar-refractivity contribution in [2.45, 2.75) is 38.8 Å². The molecule has 2 fully saturated rings. The lowest BCUT2D eigenvalue weighted by molar-refractivity contribution is -0.135. The third-order valence-electron chi connectivity index (χ3n) is 3.76. The van der Waals surface area contributed by atoms with Crippen LogP contribution in [0.1, 0.15) is 26.7 Å². The highest BCUT2D eigenvalue weighted by molar-refractivity contribution is 5.83. The minimum absolute atomic E-state index is 0.00220. The lowest BCUT2D eigenvalue weighted by atomic mass is 9.92. The predicted molar refractivity (Wildman–Crippen MR) is 68.9 cm³/mol. The Bertz CT molecular complexity index is 299. The zero-order chi connectivity index (χ0) is 12.6. The molecule has 2 aliphatic rings. The molecule has 0 bridgehead atoms. The van der Waals surface area contributed by atoms with Crippen molar-refractivity contribution in [1.82, 2.24) is 15.1 Å². The van der Waals surface area contributed by atoms with E-state index in [0.717, 1.165) is 19.6 Å². The van der Waals surface area contributed by atoms with Crippen molar-refractivity contribution in [2.24, 2.45) is 5.41 Å². The fourth-order valence-electron chi connectivity index (χ4n) is 2.89. The van der Waals surface area contributed by atoms with Crippen LogP contribution in [0.2, 0.25) is 0 Å². The second-order valence-electron chi connectivity index (χ2n) is 6.35. The number of carbonyl (C=O) groups is 1. The average molecular weight is 239 g/mol. The number of hydrogen-bond donors (Lipinski definition) is 1. The molecule has 1 atom stereocenters. The van der Waals surface area contributed by atoms with Gasteiger partial charge in [-0.2, -0.15) is 0 Å². The van der Waals surface area contributed by atoms with E-state index in [1.807, 2.05) is 7.05 Å². The smallest absolute Gasteiger partial charge is 0.241 e. The maximum Gasteiger partial charge on any atom is 0.241 e. The second-order valence-corrected chi connectivity index (χ2v) is 6.35. The molecule has 1 N–H and O–H groups in total. The zero-order valence-electron chi connectivity index (χ0n) is 11.5. The first-order valence-corrected chi connectivity index (χ1v) is 6.60. The molecule has 0 spiro atoms. The summed E-state index contributed by atoms with van der Waals surface area (Å²) in [4.78, 5) is 16.9. The summed E-state index contributed by atoms with van der Waals surface area (Å²) in [6, 6.07) is 0.523. The SMILES string of the molecule is CNCC1C(=O)N(C2CC2)CC(C)(C)CN1C. The minimum atomic E-state index is 0.00220. The number of hydrogen-bond acceptors (Lipinski definition) is 3. The fourth-order valence-corrected chi connectivity index (χ4v) is 2.89. The largest absolute Gasteiger partial charge is 0.338 e. The molecule has 1 unspecified atom stereocenters. The van der Waals surface area contributed by atoms with Crippen LogP contribution in [-0.4, -0.2) is 61.5 Å². The van der Waals surface area contributed by atoms with Crippen LogP contribution in [-0.2, 0) is 4.79 Å². The van der Waals surface area contributed by atoms with E-state index in [9.17, 15) is 4.79 Å². The number of nitrogens with one attached hydrogen (secondary N) is 1. The maximum absolute atomic E-state index is 12.6. The summed E-state index contributed by atoms with van der Waals surface area (Å²) in [6.07, 6.45) is 2.38. The van der Waals surface area contributed by atoms with Crippen LogP contribution in [0.3, 0.4) is 0 Å². The molecule has 1 aliphatic heterocycles. The molecule has 1 aliphatic carbocycles. The Balaban J connectivity index is 2.19. The van der Waals surface area contributed by atoms with Gasteiger partial charge < -0.3 is 10.2 Å². The molecule has 4 heteroatoms. The predicted octanol–water partition coefficient (Wildman–Crippen LogP) is 0.537. The van der Waals surface area contributed by atoms with Crippen LogP contribution < -0.4 is 5.32 Å². The summed E-state index contributed by atoms with van der Waals surface area (Å²) < 4.78 is 0. The van der Waals surface area contributed by atoms with Crippen molar-refractivity contribution in [3.8, 4) is 0 Å². The molecule has 1 amide bonds. The molecule has 1 heterocycles. The van der Waals surface area contributed by atoms with E-state index in [1.54, 1.807) is 0 Å². The van der Waals surface area contributed by atoms with Crippen LogP contribution in [0.4, 0.5) is 0 Å². The van der Waals surface area contributed by atoms with Gasteiger partial charge in [0.05, 0.1) is 0 Å². The fraction of sp³-hybridized carbons (Fsp3) is 0.923. The molecule has 2 rings (SSSR count). The standard InChI is InChI=1S/C13H25N3O/c1-13(2)8-15(4)11(7-14-3)12(17)16(9-13)10-5-6-10/h10-11,14H,5-9H2,1-4H3. The van der Waals surface area contributed by atoms with Crippen molar-refractivity contribution in [1.29, 1.82) is 0 Å². The normalized spacial score (nSPS) is 30.5. The highest BCUT2D eigenvalue weighted by atomic mass is 16.2. The van der Waals surface area contributed by atoms with Crippen molar-refractivity contribution in [3.05, 3.63) is 0 Å². The van der Waals surface area contributed by atoms with Gasteiger partial charge in [-0.15, -0.1) is 0 Å². The third-order valence-corrected chi connectivity index (χ3v) is 3.76. The molecule has 98 valence electrons. The van der Waals surface area contributed by atoms with Gasteiger partial charge in [-0.25, -0.2) is 0 Å². The Morgan fingerprint density at radius 3 is 2.53 bits per heavy atom. The van der Waals surface area contributed by atoms with Crippen LogP contribution in [0.5, 0.6) is 0 Å². The van der Waals surface area contributed by atoms with E-state index in [4.69, 9.17) is 0 Å². The van der Waals surface area contributed by atoms with Gasteiger partial charge in [-0.1, -0.05) is 13.8 Å². The van der Waals surface area contributed by atoms with E-state index < -0.39 is 0 Å². The number of carbonyl (C=O) groups excluding carboxylic acids is 1. The van der Waals surface area contributed by atoms with Crippen LogP contribution >= 0.6 is 0 Å². The number of amides is 1. The number of nitrogens with zero attached hydrogens (tertiary/aromatic N) is 2. The van der Waals surface area contributed by atoms with Crippen molar-refractivity contribution < 1.29 is 4.79 Å². The summed E-state index contributed by atoms with van der Waals surface area (Å²) in [6.45, 7) is 7.14. The highest BCUT2D eigenvalue weighted by Gasteiger charge is 2.43. The van der Waals surface area contributed by atoms with E-state index in [-0.39, 0.29) is 11.5 Å². The summed E-state index contributed by atoms with van der Waals surface area (Å²) >= 11 is 0. The Morgan fingerprint density at radius 1 is 1.35 bits per heavy atom. The van der Waals surface area contributed by atoms with Gasteiger partial charge in [-0.3, -0.25) is 9.69 Å². The molecule has 1 saturated carbocycles. The lowest BCUT2D eigenvalue weighted by Crippen LogP contribution is -2.49. The number of likely N-dealkylation sites (N-methyl/N-ethyl adjacent to an activating group) is 2. The van der Waals surface area contributed by atoms with Crippen LogP contribution in [0.25, 0.3) is 0 Å². The summed E-state index contributed by atoms with van der Waals surface area (Å²) in [5, 5.41) is 3.14. The van der Waals surface area contributed by atoms with Gasteiger partial charge in [-0.05, 0) is 32.4 Å². The highest BCUT2D eigenvalue weighted by Crippen LogP contribution is 2.33. The van der Waals surface area contributed by atoms with E-state index >= 15 is 0 Å². The summed E-state index contributed by atoms with van der Waals surface area (Å²) in [5.74, 6) is 0.315. The summed E-state index contributed by atoms with van der Waals surface area (Å²) in [7, 11) is 3.98. The van der Waals surface area contributed by atoms with E-state index in [1.165, 1.54) is 12.8 Å². The van der Waals surface area contributed by atoms with Crippen LogP contribution in [0.15, 0.2) is 0 Å². The molecule has 0 aromatic rings. The van der Waals surface area contributed by atoms with Crippen molar-refractivity contribution in [2.75, 3.05) is 33.7 Å². The van der Waals surface area contributed by atoms with Gasteiger partial charge in [0, 0.05) is 25.7 Å². The molecule has 0 radical (unpaired) electrons. The lowest BCUT2D eigenvalue weighted by Gasteiger charge is -2.29. The first-order valence-electron chi connectivity index (χ1n) is 6.60.